The molecule has 0 aromatic heterocycles. The van der Waals surface area contributed by atoms with E-state index in [0.717, 1.165) is 12.8 Å². The number of nitrogens with one attached hydrogen (secondary N) is 1. The maximum Gasteiger partial charge on any atom is 0.387 e. The number of carbonyl (C=O) groups excluding carboxylic acids is 2. The van der Waals surface area contributed by atoms with Crippen molar-refractivity contribution in [3.8, 4) is 5.75 Å². The topological polar surface area (TPSA) is 61.9 Å². The van der Waals surface area contributed by atoms with Gasteiger partial charge in [-0.05, 0) is 44.0 Å². The number of hydrogen-bond acceptors (Lipinski definition) is 4. The van der Waals surface area contributed by atoms with E-state index in [1.54, 1.807) is 4.90 Å². The molecular formula is C18H23F2N3O3. The van der Waals surface area contributed by atoms with Gasteiger partial charge in [0.25, 0.3) is 5.91 Å². The summed E-state index contributed by atoms with van der Waals surface area (Å²) in [7, 11) is 0. The maximum absolute atomic E-state index is 12.5. The average molecular weight is 367 g/mol. The normalized spacial score (nSPS) is 19.3. The smallest absolute Gasteiger partial charge is 0.387 e. The van der Waals surface area contributed by atoms with Crippen molar-refractivity contribution in [2.45, 2.75) is 38.5 Å². The number of halogens is 2. The molecule has 1 saturated heterocycles. The molecule has 3 rings (SSSR count). The highest BCUT2D eigenvalue weighted by atomic mass is 19.3. The van der Waals surface area contributed by atoms with Crippen LogP contribution in [0.1, 0.15) is 30.1 Å². The molecule has 26 heavy (non-hydrogen) atoms. The fourth-order valence-electron chi connectivity index (χ4n) is 2.99. The van der Waals surface area contributed by atoms with Gasteiger partial charge in [0.05, 0.1) is 6.04 Å². The van der Waals surface area contributed by atoms with E-state index in [9.17, 15) is 18.4 Å². The van der Waals surface area contributed by atoms with Crippen molar-refractivity contribution >= 4 is 11.8 Å². The minimum atomic E-state index is -2.89. The summed E-state index contributed by atoms with van der Waals surface area (Å²) in [5.74, 6) is -0.0814. The van der Waals surface area contributed by atoms with Gasteiger partial charge in [-0.1, -0.05) is 0 Å². The van der Waals surface area contributed by atoms with E-state index in [2.05, 4.69) is 15.0 Å². The van der Waals surface area contributed by atoms with Gasteiger partial charge >= 0.3 is 6.61 Å². The number of hydrogen-bond donors (Lipinski definition) is 1. The summed E-state index contributed by atoms with van der Waals surface area (Å²) in [4.78, 5) is 28.5. The Morgan fingerprint density at radius 2 is 1.73 bits per heavy atom. The summed E-state index contributed by atoms with van der Waals surface area (Å²) in [5.41, 5.74) is 0.430. The fraction of sp³-hybridized carbons (Fsp3) is 0.556. The lowest BCUT2D eigenvalue weighted by Gasteiger charge is -2.37. The molecule has 0 radical (unpaired) electrons. The minimum Gasteiger partial charge on any atom is -0.435 e. The Labute approximate surface area is 151 Å². The Balaban J connectivity index is 1.50. The molecule has 6 nitrogen and oxygen atoms in total. The van der Waals surface area contributed by atoms with Gasteiger partial charge in [-0.3, -0.25) is 14.5 Å². The Kier molecular flexibility index (Phi) is 5.70. The highest BCUT2D eigenvalue weighted by Crippen LogP contribution is 2.20. The fourth-order valence-corrected chi connectivity index (χ4v) is 2.99. The van der Waals surface area contributed by atoms with Crippen molar-refractivity contribution < 1.29 is 23.1 Å². The first-order chi connectivity index (χ1) is 12.4. The second-order valence-corrected chi connectivity index (χ2v) is 6.69. The summed E-state index contributed by atoms with van der Waals surface area (Å²) in [6.45, 7) is 1.29. The minimum absolute atomic E-state index is 0.0249. The number of benzene rings is 1. The van der Waals surface area contributed by atoms with Crippen molar-refractivity contribution in [2.24, 2.45) is 0 Å². The van der Waals surface area contributed by atoms with Gasteiger partial charge in [-0.15, -0.1) is 0 Å². The third-order valence-electron chi connectivity index (χ3n) is 4.78. The zero-order valence-corrected chi connectivity index (χ0v) is 14.7. The highest BCUT2D eigenvalue weighted by molar-refractivity contribution is 5.94. The van der Waals surface area contributed by atoms with Gasteiger partial charge in [0.1, 0.15) is 5.75 Å². The summed E-state index contributed by atoms with van der Waals surface area (Å²) in [6.07, 6.45) is 2.11. The Morgan fingerprint density at radius 1 is 1.12 bits per heavy atom. The molecule has 2 amide bonds. The quantitative estimate of drug-likeness (QED) is 0.832. The second-order valence-electron chi connectivity index (χ2n) is 6.69. The lowest BCUT2D eigenvalue weighted by molar-refractivity contribution is -0.126. The van der Waals surface area contributed by atoms with Crippen LogP contribution in [0.25, 0.3) is 0 Å². The standard InChI is InChI=1S/C18H23F2N3O3/c1-12(16(24)21-14-4-5-14)22-8-10-23(11-9-22)17(25)13-2-6-15(7-3-13)26-18(19)20/h2-3,6-7,12,14,18H,4-5,8-11H2,1H3,(H,21,24). The number of alkyl halides is 2. The van der Waals surface area contributed by atoms with E-state index < -0.39 is 6.61 Å². The number of carbonyl (C=O) groups is 2. The predicted octanol–water partition coefficient (Wildman–Crippen LogP) is 1.71. The first kappa shape index (κ1) is 18.6. The third-order valence-corrected chi connectivity index (χ3v) is 4.78. The molecule has 1 N–H and O–H groups in total. The Morgan fingerprint density at radius 3 is 2.27 bits per heavy atom. The zero-order chi connectivity index (χ0) is 18.7. The van der Waals surface area contributed by atoms with Crippen LogP contribution in [-0.4, -0.2) is 66.5 Å². The van der Waals surface area contributed by atoms with Crippen LogP contribution in [0, 0.1) is 0 Å². The molecule has 142 valence electrons. The zero-order valence-electron chi connectivity index (χ0n) is 14.7. The van der Waals surface area contributed by atoms with E-state index in [1.165, 1.54) is 24.3 Å². The third kappa shape index (κ3) is 4.69. The molecular weight excluding hydrogens is 344 g/mol. The van der Waals surface area contributed by atoms with Crippen molar-refractivity contribution in [1.29, 1.82) is 0 Å². The molecule has 1 aliphatic heterocycles. The molecule has 1 atom stereocenters. The molecule has 0 spiro atoms. The van der Waals surface area contributed by atoms with Gasteiger partial charge in [-0.2, -0.15) is 8.78 Å². The molecule has 2 aliphatic rings. The average Bonchev–Trinajstić information content (AvgIpc) is 3.45. The van der Waals surface area contributed by atoms with Gasteiger partial charge in [-0.25, -0.2) is 0 Å². The lowest BCUT2D eigenvalue weighted by Crippen LogP contribution is -2.55. The molecule has 1 heterocycles. The van der Waals surface area contributed by atoms with Gasteiger partial charge < -0.3 is 15.0 Å². The van der Waals surface area contributed by atoms with Crippen molar-refractivity contribution in [2.75, 3.05) is 26.2 Å². The van der Waals surface area contributed by atoms with Gasteiger partial charge in [0, 0.05) is 37.8 Å². The number of rotatable bonds is 6. The van der Waals surface area contributed by atoms with Crippen molar-refractivity contribution in [3.63, 3.8) is 0 Å². The van der Waals surface area contributed by atoms with Crippen LogP contribution >= 0.6 is 0 Å². The maximum atomic E-state index is 12.5. The van der Waals surface area contributed by atoms with E-state index in [-0.39, 0.29) is 23.6 Å². The van der Waals surface area contributed by atoms with E-state index in [4.69, 9.17) is 0 Å². The Bertz CT molecular complexity index is 642. The van der Waals surface area contributed by atoms with E-state index in [0.29, 0.717) is 37.8 Å². The van der Waals surface area contributed by atoms with Crippen molar-refractivity contribution in [1.82, 2.24) is 15.1 Å². The van der Waals surface area contributed by atoms with Crippen LogP contribution in [0.5, 0.6) is 5.75 Å². The van der Waals surface area contributed by atoms with Crippen LogP contribution in [0.3, 0.4) is 0 Å². The predicted molar refractivity (Wildman–Crippen MR) is 91.2 cm³/mol. The summed E-state index contributed by atoms with van der Waals surface area (Å²) in [5, 5.41) is 3.00. The summed E-state index contributed by atoms with van der Waals surface area (Å²) < 4.78 is 28.6. The number of piperazine rings is 1. The molecule has 8 heteroatoms. The van der Waals surface area contributed by atoms with Crippen molar-refractivity contribution in [3.05, 3.63) is 29.8 Å². The number of nitrogens with zero attached hydrogens (tertiary/aromatic N) is 2. The summed E-state index contributed by atoms with van der Waals surface area (Å²) in [6, 6.07) is 5.82. The van der Waals surface area contributed by atoms with Crippen LogP contribution in [0.4, 0.5) is 8.78 Å². The molecule has 2 fully saturated rings. The van der Waals surface area contributed by atoms with Gasteiger partial charge in [0.2, 0.25) is 5.91 Å². The van der Waals surface area contributed by atoms with Crippen LogP contribution in [0.15, 0.2) is 24.3 Å². The SMILES string of the molecule is CC(C(=O)NC1CC1)N1CCN(C(=O)c2ccc(OC(F)F)cc2)CC1. The monoisotopic (exact) mass is 367 g/mol. The molecule has 1 aromatic rings. The molecule has 1 aromatic carbocycles. The Hall–Kier alpha value is -2.22. The van der Waals surface area contributed by atoms with E-state index >= 15 is 0 Å². The van der Waals surface area contributed by atoms with Crippen LogP contribution in [0.2, 0.25) is 0 Å². The summed E-state index contributed by atoms with van der Waals surface area (Å²) >= 11 is 0. The second kappa shape index (κ2) is 7.99. The first-order valence-electron chi connectivity index (χ1n) is 8.82. The van der Waals surface area contributed by atoms with E-state index in [1.807, 2.05) is 6.92 Å². The molecule has 0 bridgehead atoms. The number of amides is 2. The largest absolute Gasteiger partial charge is 0.435 e. The molecule has 1 unspecified atom stereocenters. The molecule has 1 saturated carbocycles. The highest BCUT2D eigenvalue weighted by Gasteiger charge is 2.31. The first-order valence-corrected chi connectivity index (χ1v) is 8.82. The molecule has 1 aliphatic carbocycles. The van der Waals surface area contributed by atoms with Crippen LogP contribution in [-0.2, 0) is 4.79 Å². The van der Waals surface area contributed by atoms with Gasteiger partial charge in [0.15, 0.2) is 0 Å². The van der Waals surface area contributed by atoms with Crippen LogP contribution < -0.4 is 10.1 Å². The lowest BCUT2D eigenvalue weighted by atomic mass is 10.1. The number of ether oxygens (including phenoxy) is 1.